The first-order valence-electron chi connectivity index (χ1n) is 7.72. The first kappa shape index (κ1) is 15.1. The van der Waals surface area contributed by atoms with E-state index in [1.807, 2.05) is 41.8 Å². The van der Waals surface area contributed by atoms with Crippen molar-refractivity contribution in [1.82, 2.24) is 24.5 Å². The molecule has 22 heavy (non-hydrogen) atoms. The van der Waals surface area contributed by atoms with Crippen molar-refractivity contribution >= 4 is 0 Å². The van der Waals surface area contributed by atoms with Crippen LogP contribution in [0, 0.1) is 0 Å². The fraction of sp³-hybridized carbons (Fsp3) is 0.600. The molecule has 0 amide bonds. The lowest BCUT2D eigenvalue weighted by Gasteiger charge is -2.16. The van der Waals surface area contributed by atoms with E-state index >= 15 is 0 Å². The molecule has 0 spiro atoms. The van der Waals surface area contributed by atoms with Gasteiger partial charge in [-0.1, -0.05) is 0 Å². The molecule has 0 saturated carbocycles. The maximum atomic E-state index is 10.2. The van der Waals surface area contributed by atoms with E-state index in [9.17, 15) is 5.11 Å². The molecule has 1 aliphatic heterocycles. The van der Waals surface area contributed by atoms with E-state index in [0.29, 0.717) is 6.54 Å². The van der Waals surface area contributed by atoms with E-state index < -0.39 is 6.10 Å². The third kappa shape index (κ3) is 3.31. The Balaban J connectivity index is 1.52. The van der Waals surface area contributed by atoms with Crippen molar-refractivity contribution in [2.75, 3.05) is 19.6 Å². The highest BCUT2D eigenvalue weighted by atomic mass is 16.5. The summed E-state index contributed by atoms with van der Waals surface area (Å²) >= 11 is 0. The first-order valence-corrected chi connectivity index (χ1v) is 7.72. The van der Waals surface area contributed by atoms with E-state index in [1.165, 1.54) is 5.69 Å². The zero-order chi connectivity index (χ0) is 15.5. The number of nitrogens with zero attached hydrogens (tertiary/aromatic N) is 5. The molecule has 2 atom stereocenters. The Hall–Kier alpha value is -1.86. The lowest BCUT2D eigenvalue weighted by Crippen LogP contribution is -2.30. The van der Waals surface area contributed by atoms with E-state index in [0.717, 1.165) is 31.8 Å². The SMILES string of the molecule is CCn1cc(O[C@@H]2CN(CCc3ccnn3C)C[C@H]2O)cn1. The second kappa shape index (κ2) is 6.50. The predicted molar refractivity (Wildman–Crippen MR) is 81.7 cm³/mol. The molecule has 0 aliphatic carbocycles. The molecule has 7 heteroatoms. The number of rotatable bonds is 6. The fourth-order valence-electron chi connectivity index (χ4n) is 2.80. The topological polar surface area (TPSA) is 68.3 Å². The summed E-state index contributed by atoms with van der Waals surface area (Å²) in [6.45, 7) is 5.11. The summed E-state index contributed by atoms with van der Waals surface area (Å²) in [4.78, 5) is 2.23. The molecule has 2 aromatic rings. The second-order valence-corrected chi connectivity index (χ2v) is 5.71. The van der Waals surface area contributed by atoms with Crippen LogP contribution in [-0.4, -0.2) is 61.4 Å². The molecule has 1 fully saturated rings. The van der Waals surface area contributed by atoms with Gasteiger partial charge >= 0.3 is 0 Å². The van der Waals surface area contributed by atoms with Crippen LogP contribution in [-0.2, 0) is 20.0 Å². The zero-order valence-corrected chi connectivity index (χ0v) is 13.1. The van der Waals surface area contributed by atoms with E-state index in [4.69, 9.17) is 4.74 Å². The molecule has 1 N–H and O–H groups in total. The summed E-state index contributed by atoms with van der Waals surface area (Å²) in [6.07, 6.45) is 5.65. The number of hydrogen-bond acceptors (Lipinski definition) is 5. The zero-order valence-electron chi connectivity index (χ0n) is 13.1. The molecular formula is C15H23N5O2. The van der Waals surface area contributed by atoms with Gasteiger partial charge in [0.1, 0.15) is 12.2 Å². The van der Waals surface area contributed by atoms with Gasteiger partial charge in [0.15, 0.2) is 5.75 Å². The molecule has 3 rings (SSSR count). The van der Waals surface area contributed by atoms with Gasteiger partial charge in [-0.15, -0.1) is 0 Å². The summed E-state index contributed by atoms with van der Waals surface area (Å²) in [5.74, 6) is 0.722. The average Bonchev–Trinajstić information content (AvgIpc) is 3.19. The molecule has 0 bridgehead atoms. The number of likely N-dealkylation sites (tertiary alicyclic amines) is 1. The van der Waals surface area contributed by atoms with E-state index in [-0.39, 0.29) is 6.10 Å². The normalized spacial score (nSPS) is 22.3. The quantitative estimate of drug-likeness (QED) is 0.831. The van der Waals surface area contributed by atoms with Crippen molar-refractivity contribution in [3.8, 4) is 5.75 Å². The lowest BCUT2D eigenvalue weighted by molar-refractivity contribution is 0.0736. The van der Waals surface area contributed by atoms with Gasteiger partial charge in [0.05, 0.1) is 12.4 Å². The van der Waals surface area contributed by atoms with Crippen molar-refractivity contribution in [2.24, 2.45) is 7.05 Å². The van der Waals surface area contributed by atoms with Crippen LogP contribution in [0.3, 0.4) is 0 Å². The lowest BCUT2D eigenvalue weighted by atomic mass is 10.2. The number of aromatic nitrogens is 4. The van der Waals surface area contributed by atoms with Gasteiger partial charge in [-0.3, -0.25) is 14.3 Å². The highest BCUT2D eigenvalue weighted by Crippen LogP contribution is 2.18. The molecule has 0 radical (unpaired) electrons. The maximum absolute atomic E-state index is 10.2. The van der Waals surface area contributed by atoms with Gasteiger partial charge in [0, 0.05) is 51.5 Å². The van der Waals surface area contributed by atoms with Crippen LogP contribution in [0.5, 0.6) is 5.75 Å². The maximum Gasteiger partial charge on any atom is 0.157 e. The molecule has 2 aromatic heterocycles. The predicted octanol–water partition coefficient (Wildman–Crippen LogP) is 0.303. The van der Waals surface area contributed by atoms with Gasteiger partial charge in [0.2, 0.25) is 0 Å². The highest BCUT2D eigenvalue weighted by Gasteiger charge is 2.33. The largest absolute Gasteiger partial charge is 0.483 e. The summed E-state index contributed by atoms with van der Waals surface area (Å²) in [5, 5.41) is 18.5. The third-order valence-corrected chi connectivity index (χ3v) is 4.14. The van der Waals surface area contributed by atoms with Crippen LogP contribution in [0.1, 0.15) is 12.6 Å². The summed E-state index contributed by atoms with van der Waals surface area (Å²) in [6, 6.07) is 2.03. The first-order chi connectivity index (χ1) is 10.7. The fourth-order valence-corrected chi connectivity index (χ4v) is 2.80. The summed E-state index contributed by atoms with van der Waals surface area (Å²) < 4.78 is 9.57. The van der Waals surface area contributed by atoms with Crippen LogP contribution in [0.25, 0.3) is 0 Å². The van der Waals surface area contributed by atoms with Gasteiger partial charge in [-0.2, -0.15) is 10.2 Å². The van der Waals surface area contributed by atoms with Crippen molar-refractivity contribution < 1.29 is 9.84 Å². The summed E-state index contributed by atoms with van der Waals surface area (Å²) in [5.41, 5.74) is 1.20. The molecule has 0 aromatic carbocycles. The second-order valence-electron chi connectivity index (χ2n) is 5.71. The van der Waals surface area contributed by atoms with Crippen molar-refractivity contribution in [3.63, 3.8) is 0 Å². The Labute approximate surface area is 130 Å². The van der Waals surface area contributed by atoms with Crippen LogP contribution in [0.4, 0.5) is 0 Å². The summed E-state index contributed by atoms with van der Waals surface area (Å²) in [7, 11) is 1.95. The van der Waals surface area contributed by atoms with Crippen LogP contribution in [0.15, 0.2) is 24.7 Å². The number of ether oxygens (including phenoxy) is 1. The standard InChI is InChI=1S/C15H23N5O2/c1-3-20-9-13(8-17-20)22-15-11-19(10-14(15)21)7-5-12-4-6-16-18(12)2/h4,6,8-9,14-15,21H,3,5,7,10-11H2,1-2H3/t14-,15-/m1/s1. The van der Waals surface area contributed by atoms with Crippen molar-refractivity contribution in [3.05, 3.63) is 30.4 Å². The Morgan fingerprint density at radius 3 is 2.91 bits per heavy atom. The average molecular weight is 305 g/mol. The minimum Gasteiger partial charge on any atom is -0.483 e. The molecular weight excluding hydrogens is 282 g/mol. The molecule has 1 aliphatic rings. The van der Waals surface area contributed by atoms with Gasteiger partial charge < -0.3 is 9.84 Å². The third-order valence-electron chi connectivity index (χ3n) is 4.14. The number of β-amino-alcohol motifs (C(OH)–C–C–N with tert-alkyl or cyclic N) is 1. The number of aliphatic hydroxyl groups excluding tert-OH is 1. The Kier molecular flexibility index (Phi) is 4.44. The molecule has 3 heterocycles. The number of aliphatic hydroxyl groups is 1. The van der Waals surface area contributed by atoms with Crippen LogP contribution < -0.4 is 4.74 Å². The van der Waals surface area contributed by atoms with Gasteiger partial charge in [-0.05, 0) is 13.0 Å². The van der Waals surface area contributed by atoms with Gasteiger partial charge in [-0.25, -0.2) is 0 Å². The molecule has 1 saturated heterocycles. The highest BCUT2D eigenvalue weighted by molar-refractivity contribution is 5.13. The van der Waals surface area contributed by atoms with Crippen molar-refractivity contribution in [2.45, 2.75) is 32.1 Å². The Morgan fingerprint density at radius 1 is 1.36 bits per heavy atom. The molecule has 0 unspecified atom stereocenters. The van der Waals surface area contributed by atoms with Crippen LogP contribution >= 0.6 is 0 Å². The van der Waals surface area contributed by atoms with E-state index in [1.54, 1.807) is 6.20 Å². The van der Waals surface area contributed by atoms with Crippen molar-refractivity contribution in [1.29, 1.82) is 0 Å². The number of aryl methyl sites for hydroxylation is 2. The van der Waals surface area contributed by atoms with E-state index in [2.05, 4.69) is 15.1 Å². The minimum absolute atomic E-state index is 0.193. The van der Waals surface area contributed by atoms with Crippen LogP contribution in [0.2, 0.25) is 0 Å². The Morgan fingerprint density at radius 2 is 2.23 bits per heavy atom. The smallest absolute Gasteiger partial charge is 0.157 e. The Bertz CT molecular complexity index is 609. The minimum atomic E-state index is -0.462. The molecule has 7 nitrogen and oxygen atoms in total. The molecule has 120 valence electrons. The monoisotopic (exact) mass is 305 g/mol. The number of hydrogen-bond donors (Lipinski definition) is 1. The van der Waals surface area contributed by atoms with Gasteiger partial charge in [0.25, 0.3) is 0 Å².